The van der Waals surface area contributed by atoms with Gasteiger partial charge in [-0.1, -0.05) is 29.8 Å². The summed E-state index contributed by atoms with van der Waals surface area (Å²) < 4.78 is 1.69. The number of rotatable bonds is 1. The lowest BCUT2D eigenvalue weighted by molar-refractivity contribution is 0.0946. The van der Waals surface area contributed by atoms with Crippen LogP contribution >= 0.6 is 11.6 Å². The number of phenols is 1. The largest absolute Gasteiger partial charge is 0.508 e. The highest BCUT2D eigenvalue weighted by molar-refractivity contribution is 6.34. The summed E-state index contributed by atoms with van der Waals surface area (Å²) in [6, 6.07) is 14.8. The van der Waals surface area contributed by atoms with Crippen LogP contribution in [0.2, 0.25) is 5.02 Å². The topological polar surface area (TPSA) is 58.0 Å². The minimum absolute atomic E-state index is 0.0827. The zero-order valence-corrected chi connectivity index (χ0v) is 15.2. The van der Waals surface area contributed by atoms with E-state index in [0.29, 0.717) is 5.02 Å². The number of halogens is 1. The SMILES string of the molecule is CC(=O)n1c2ccc(O)cc2c2c3c[nH]cc3c(-c3ccccc3Cl)cc21. The number of hydrogen-bond acceptors (Lipinski definition) is 2. The fourth-order valence-electron chi connectivity index (χ4n) is 3.97. The van der Waals surface area contributed by atoms with E-state index >= 15 is 0 Å². The summed E-state index contributed by atoms with van der Waals surface area (Å²) >= 11 is 6.46. The van der Waals surface area contributed by atoms with E-state index in [0.717, 1.165) is 43.7 Å². The first-order valence-corrected chi connectivity index (χ1v) is 8.96. The van der Waals surface area contributed by atoms with Crippen LogP contribution in [0, 0.1) is 0 Å². The van der Waals surface area contributed by atoms with Crippen molar-refractivity contribution in [2.24, 2.45) is 0 Å². The number of H-pyrrole nitrogens is 1. The molecule has 27 heavy (non-hydrogen) atoms. The molecule has 0 aliphatic heterocycles. The molecule has 0 unspecified atom stereocenters. The fraction of sp³-hybridized carbons (Fsp3) is 0.0455. The highest BCUT2D eigenvalue weighted by Crippen LogP contribution is 2.42. The highest BCUT2D eigenvalue weighted by Gasteiger charge is 2.20. The van der Waals surface area contributed by atoms with Crippen LogP contribution in [0.3, 0.4) is 0 Å². The number of carbonyl (C=O) groups excluding carboxylic acids is 1. The fourth-order valence-corrected chi connectivity index (χ4v) is 4.21. The van der Waals surface area contributed by atoms with Gasteiger partial charge in [-0.05, 0) is 35.9 Å². The molecule has 0 saturated heterocycles. The first-order valence-electron chi connectivity index (χ1n) is 8.58. The molecule has 0 radical (unpaired) electrons. The van der Waals surface area contributed by atoms with Crippen LogP contribution in [-0.4, -0.2) is 20.6 Å². The van der Waals surface area contributed by atoms with Crippen molar-refractivity contribution in [3.05, 3.63) is 65.9 Å². The minimum atomic E-state index is -0.0827. The van der Waals surface area contributed by atoms with Gasteiger partial charge in [0.1, 0.15) is 5.75 Å². The molecule has 0 saturated carbocycles. The molecule has 0 atom stereocenters. The van der Waals surface area contributed by atoms with E-state index in [-0.39, 0.29) is 11.7 Å². The number of hydrogen-bond donors (Lipinski definition) is 2. The van der Waals surface area contributed by atoms with Gasteiger partial charge in [0.05, 0.1) is 11.0 Å². The molecule has 4 nitrogen and oxygen atoms in total. The molecule has 5 rings (SSSR count). The van der Waals surface area contributed by atoms with Gasteiger partial charge in [-0.15, -0.1) is 0 Å². The number of aromatic nitrogens is 2. The molecule has 0 bridgehead atoms. The summed E-state index contributed by atoms with van der Waals surface area (Å²) in [5.41, 5.74) is 3.44. The van der Waals surface area contributed by atoms with E-state index in [4.69, 9.17) is 11.6 Å². The van der Waals surface area contributed by atoms with Gasteiger partial charge in [0.2, 0.25) is 5.91 Å². The predicted octanol–water partition coefficient (Wildman–Crippen LogP) is 5.96. The van der Waals surface area contributed by atoms with Gasteiger partial charge in [-0.2, -0.15) is 0 Å². The van der Waals surface area contributed by atoms with E-state index in [1.165, 1.54) is 0 Å². The van der Waals surface area contributed by atoms with Crippen molar-refractivity contribution in [1.82, 2.24) is 9.55 Å². The van der Waals surface area contributed by atoms with E-state index in [9.17, 15) is 9.90 Å². The van der Waals surface area contributed by atoms with E-state index in [1.54, 1.807) is 29.7 Å². The number of carbonyl (C=O) groups is 1. The van der Waals surface area contributed by atoms with Gasteiger partial charge in [0.15, 0.2) is 0 Å². The smallest absolute Gasteiger partial charge is 0.228 e. The van der Waals surface area contributed by atoms with Crippen molar-refractivity contribution in [3.63, 3.8) is 0 Å². The molecule has 0 fully saturated rings. The number of nitrogens with one attached hydrogen (secondary N) is 1. The standard InChI is InChI=1S/C22H15ClN2O2/c1-12(26)25-20-7-6-13(27)8-16(20)22-18-11-24-10-17(18)15(9-21(22)25)14-4-2-3-5-19(14)23/h2-11,24,27H,1H3. The normalized spacial score (nSPS) is 11.6. The molecule has 0 spiro atoms. The molecule has 2 heterocycles. The van der Waals surface area contributed by atoms with Gasteiger partial charge in [0.25, 0.3) is 0 Å². The molecule has 5 aromatic rings. The number of benzene rings is 3. The van der Waals surface area contributed by atoms with Crippen LogP contribution in [-0.2, 0) is 0 Å². The Morgan fingerprint density at radius 3 is 2.52 bits per heavy atom. The highest BCUT2D eigenvalue weighted by atomic mass is 35.5. The van der Waals surface area contributed by atoms with Crippen LogP contribution in [0.1, 0.15) is 11.7 Å². The van der Waals surface area contributed by atoms with E-state index in [2.05, 4.69) is 4.98 Å². The lowest BCUT2D eigenvalue weighted by Crippen LogP contribution is -2.04. The second kappa shape index (κ2) is 5.63. The Bertz CT molecular complexity index is 1380. The Morgan fingerprint density at radius 1 is 0.963 bits per heavy atom. The summed E-state index contributed by atoms with van der Waals surface area (Å²) in [6.45, 7) is 1.54. The number of phenolic OH excluding ortho intramolecular Hbond substituents is 1. The molecule has 3 aromatic carbocycles. The maximum atomic E-state index is 12.5. The quantitative estimate of drug-likeness (QED) is 0.380. The molecule has 2 N–H and O–H groups in total. The van der Waals surface area contributed by atoms with E-state index < -0.39 is 0 Å². The molecular formula is C22H15ClN2O2. The molecule has 0 aliphatic rings. The molecule has 0 amide bonds. The Labute approximate surface area is 159 Å². The lowest BCUT2D eigenvalue weighted by atomic mass is 9.97. The molecule has 0 aliphatic carbocycles. The molecule has 132 valence electrons. The molecule has 5 heteroatoms. The average Bonchev–Trinajstić information content (AvgIpc) is 3.23. The van der Waals surface area contributed by atoms with Gasteiger partial charge in [-0.25, -0.2) is 0 Å². The van der Waals surface area contributed by atoms with Crippen molar-refractivity contribution in [2.75, 3.05) is 0 Å². The Kier molecular flexibility index (Phi) is 3.33. The number of aromatic hydroxyl groups is 1. The van der Waals surface area contributed by atoms with Crippen LogP contribution in [0.15, 0.2) is 60.9 Å². The summed E-state index contributed by atoms with van der Waals surface area (Å²) in [5.74, 6) is 0.0876. The lowest BCUT2D eigenvalue weighted by Gasteiger charge is -2.09. The first-order chi connectivity index (χ1) is 13.1. The van der Waals surface area contributed by atoms with Gasteiger partial charge < -0.3 is 10.1 Å². The van der Waals surface area contributed by atoms with Crippen LogP contribution in [0.5, 0.6) is 5.75 Å². The third kappa shape index (κ3) is 2.20. The number of nitrogens with zero attached hydrogens (tertiary/aromatic N) is 1. The van der Waals surface area contributed by atoms with Crippen LogP contribution in [0.25, 0.3) is 43.7 Å². The summed E-state index contributed by atoms with van der Waals surface area (Å²) in [5, 5.41) is 14.4. The molecular weight excluding hydrogens is 360 g/mol. The third-order valence-corrected chi connectivity index (χ3v) is 5.38. The Balaban J connectivity index is 2.05. The second-order valence-electron chi connectivity index (χ2n) is 6.64. The Morgan fingerprint density at radius 2 is 1.74 bits per heavy atom. The van der Waals surface area contributed by atoms with E-state index in [1.807, 2.05) is 42.7 Å². The predicted molar refractivity (Wildman–Crippen MR) is 110 cm³/mol. The van der Waals surface area contributed by atoms with Gasteiger partial charge in [-0.3, -0.25) is 9.36 Å². The summed E-state index contributed by atoms with van der Waals surface area (Å²) in [6.07, 6.45) is 3.86. The zero-order chi connectivity index (χ0) is 18.7. The first kappa shape index (κ1) is 16.0. The summed E-state index contributed by atoms with van der Waals surface area (Å²) in [7, 11) is 0. The van der Waals surface area contributed by atoms with Crippen molar-refractivity contribution < 1.29 is 9.90 Å². The van der Waals surface area contributed by atoms with Gasteiger partial charge in [0, 0.05) is 51.4 Å². The molecule has 2 aromatic heterocycles. The maximum absolute atomic E-state index is 12.5. The second-order valence-corrected chi connectivity index (χ2v) is 7.04. The van der Waals surface area contributed by atoms with Crippen LogP contribution < -0.4 is 0 Å². The van der Waals surface area contributed by atoms with Crippen molar-refractivity contribution in [1.29, 1.82) is 0 Å². The Hall–Kier alpha value is -3.24. The van der Waals surface area contributed by atoms with Crippen LogP contribution in [0.4, 0.5) is 0 Å². The van der Waals surface area contributed by atoms with Crippen molar-refractivity contribution in [2.45, 2.75) is 6.92 Å². The maximum Gasteiger partial charge on any atom is 0.228 e. The number of aromatic amines is 1. The number of fused-ring (bicyclic) bond motifs is 5. The monoisotopic (exact) mass is 374 g/mol. The minimum Gasteiger partial charge on any atom is -0.508 e. The summed E-state index contributed by atoms with van der Waals surface area (Å²) in [4.78, 5) is 15.7. The average molecular weight is 375 g/mol. The van der Waals surface area contributed by atoms with Crippen molar-refractivity contribution >= 4 is 50.1 Å². The third-order valence-electron chi connectivity index (χ3n) is 5.05. The van der Waals surface area contributed by atoms with Gasteiger partial charge >= 0.3 is 0 Å². The zero-order valence-electron chi connectivity index (χ0n) is 14.5. The van der Waals surface area contributed by atoms with Crippen molar-refractivity contribution in [3.8, 4) is 16.9 Å².